The van der Waals surface area contributed by atoms with Crippen LogP contribution in [0.15, 0.2) is 36.9 Å². The molecule has 98 valence electrons. The molecular formula is C15H22N2O. The van der Waals surface area contributed by atoms with Gasteiger partial charge < -0.3 is 10.6 Å². The first-order valence-corrected chi connectivity index (χ1v) is 6.39. The van der Waals surface area contributed by atoms with E-state index < -0.39 is 0 Å². The molecule has 0 heterocycles. The summed E-state index contributed by atoms with van der Waals surface area (Å²) in [6.45, 7) is 9.27. The average Bonchev–Trinajstić information content (AvgIpc) is 2.42. The summed E-state index contributed by atoms with van der Waals surface area (Å²) in [5.41, 5.74) is 2.09. The first-order valence-electron chi connectivity index (χ1n) is 6.39. The Morgan fingerprint density at radius 1 is 1.33 bits per heavy atom. The minimum Gasteiger partial charge on any atom is -0.355 e. The van der Waals surface area contributed by atoms with Gasteiger partial charge in [0.25, 0.3) is 0 Å². The summed E-state index contributed by atoms with van der Waals surface area (Å²) in [5, 5.41) is 6.04. The number of hydrogen-bond acceptors (Lipinski definition) is 2. The van der Waals surface area contributed by atoms with Crippen LogP contribution in [0.2, 0.25) is 0 Å². The van der Waals surface area contributed by atoms with E-state index in [9.17, 15) is 4.79 Å². The van der Waals surface area contributed by atoms with Gasteiger partial charge in [-0.1, -0.05) is 43.8 Å². The largest absolute Gasteiger partial charge is 0.355 e. The van der Waals surface area contributed by atoms with Crippen molar-refractivity contribution in [1.82, 2.24) is 10.6 Å². The zero-order valence-electron chi connectivity index (χ0n) is 11.2. The van der Waals surface area contributed by atoms with Gasteiger partial charge in [-0.15, -0.1) is 0 Å². The molecule has 1 amide bonds. The third-order valence-electron chi connectivity index (χ3n) is 2.75. The van der Waals surface area contributed by atoms with Crippen molar-refractivity contribution in [3.8, 4) is 0 Å². The number of amides is 1. The molecule has 0 aliphatic heterocycles. The molecule has 1 atom stereocenters. The Labute approximate surface area is 109 Å². The van der Waals surface area contributed by atoms with E-state index in [0.29, 0.717) is 6.54 Å². The summed E-state index contributed by atoms with van der Waals surface area (Å²) in [6, 6.07) is 9.79. The molecule has 0 saturated carbocycles. The molecule has 1 aromatic rings. The quantitative estimate of drug-likeness (QED) is 0.774. The van der Waals surface area contributed by atoms with Gasteiger partial charge in [0, 0.05) is 13.1 Å². The van der Waals surface area contributed by atoms with Crippen molar-refractivity contribution < 1.29 is 4.79 Å². The van der Waals surface area contributed by atoms with Gasteiger partial charge in [0.05, 0.1) is 6.04 Å². The van der Waals surface area contributed by atoms with Gasteiger partial charge >= 0.3 is 0 Å². The standard InChI is InChI=1S/C15H22N2O/c1-4-10-16-15(18)13(3)17-11-12(2)14-8-6-5-7-9-14/h5-9,13,17H,2,4,10-11H2,1,3H3,(H,16,18). The minimum atomic E-state index is -0.197. The Morgan fingerprint density at radius 2 is 2.00 bits per heavy atom. The number of nitrogens with one attached hydrogen (secondary N) is 2. The maximum absolute atomic E-state index is 11.6. The van der Waals surface area contributed by atoms with E-state index in [2.05, 4.69) is 17.2 Å². The fourth-order valence-electron chi connectivity index (χ4n) is 1.55. The average molecular weight is 246 g/mol. The molecular weight excluding hydrogens is 224 g/mol. The molecule has 0 saturated heterocycles. The first-order chi connectivity index (χ1) is 8.65. The Morgan fingerprint density at radius 3 is 2.61 bits per heavy atom. The lowest BCUT2D eigenvalue weighted by Crippen LogP contribution is -2.42. The van der Waals surface area contributed by atoms with Gasteiger partial charge in [-0.3, -0.25) is 4.79 Å². The molecule has 1 aromatic carbocycles. The molecule has 0 spiro atoms. The lowest BCUT2D eigenvalue weighted by Gasteiger charge is -2.15. The topological polar surface area (TPSA) is 41.1 Å². The van der Waals surface area contributed by atoms with Crippen LogP contribution in [0.5, 0.6) is 0 Å². The van der Waals surface area contributed by atoms with Crippen LogP contribution in [0.3, 0.4) is 0 Å². The second kappa shape index (κ2) is 7.67. The maximum atomic E-state index is 11.6. The fourth-order valence-corrected chi connectivity index (χ4v) is 1.55. The van der Waals surface area contributed by atoms with E-state index in [0.717, 1.165) is 24.1 Å². The third kappa shape index (κ3) is 4.72. The number of hydrogen-bond donors (Lipinski definition) is 2. The predicted octanol–water partition coefficient (Wildman–Crippen LogP) is 2.20. The zero-order chi connectivity index (χ0) is 13.4. The molecule has 3 heteroatoms. The van der Waals surface area contributed by atoms with Crippen LogP contribution in [-0.4, -0.2) is 25.0 Å². The van der Waals surface area contributed by atoms with E-state index >= 15 is 0 Å². The van der Waals surface area contributed by atoms with Crippen molar-refractivity contribution in [3.63, 3.8) is 0 Å². The molecule has 1 unspecified atom stereocenters. The Hall–Kier alpha value is -1.61. The molecule has 3 nitrogen and oxygen atoms in total. The third-order valence-corrected chi connectivity index (χ3v) is 2.75. The summed E-state index contributed by atoms with van der Waals surface area (Å²) in [6.07, 6.45) is 0.954. The van der Waals surface area contributed by atoms with Crippen LogP contribution in [0.25, 0.3) is 5.57 Å². The normalized spacial score (nSPS) is 11.9. The number of carbonyl (C=O) groups is 1. The van der Waals surface area contributed by atoms with Gasteiger partial charge in [-0.2, -0.15) is 0 Å². The lowest BCUT2D eigenvalue weighted by molar-refractivity contribution is -0.122. The van der Waals surface area contributed by atoms with Crippen LogP contribution in [0, 0.1) is 0 Å². The Kier molecular flexibility index (Phi) is 6.15. The van der Waals surface area contributed by atoms with E-state index in [-0.39, 0.29) is 11.9 Å². The summed E-state index contributed by atoms with van der Waals surface area (Å²) >= 11 is 0. The Balaban J connectivity index is 2.36. The van der Waals surface area contributed by atoms with Crippen LogP contribution < -0.4 is 10.6 Å². The Bertz CT molecular complexity index is 387. The number of rotatable bonds is 7. The highest BCUT2D eigenvalue weighted by Crippen LogP contribution is 2.10. The highest BCUT2D eigenvalue weighted by Gasteiger charge is 2.11. The van der Waals surface area contributed by atoms with E-state index in [1.54, 1.807) is 0 Å². The van der Waals surface area contributed by atoms with Crippen molar-refractivity contribution in [2.24, 2.45) is 0 Å². The molecule has 0 radical (unpaired) electrons. The van der Waals surface area contributed by atoms with Crippen LogP contribution in [0.4, 0.5) is 0 Å². The van der Waals surface area contributed by atoms with Gasteiger partial charge in [-0.25, -0.2) is 0 Å². The van der Waals surface area contributed by atoms with Crippen molar-refractivity contribution in [2.45, 2.75) is 26.3 Å². The van der Waals surface area contributed by atoms with E-state index in [4.69, 9.17) is 0 Å². The lowest BCUT2D eigenvalue weighted by atomic mass is 10.1. The van der Waals surface area contributed by atoms with E-state index in [1.165, 1.54) is 0 Å². The summed E-state index contributed by atoms with van der Waals surface area (Å²) in [5.74, 6) is 0.0395. The second-order valence-electron chi connectivity index (χ2n) is 4.36. The van der Waals surface area contributed by atoms with Crippen molar-refractivity contribution in [3.05, 3.63) is 42.5 Å². The van der Waals surface area contributed by atoms with Crippen LogP contribution in [0.1, 0.15) is 25.8 Å². The maximum Gasteiger partial charge on any atom is 0.236 e. The molecule has 0 fully saturated rings. The minimum absolute atomic E-state index is 0.0395. The molecule has 0 aliphatic rings. The molecule has 0 aliphatic carbocycles. The highest BCUT2D eigenvalue weighted by atomic mass is 16.2. The van der Waals surface area contributed by atoms with Gasteiger partial charge in [-0.05, 0) is 24.5 Å². The SMILES string of the molecule is C=C(CNC(C)C(=O)NCCC)c1ccccc1. The van der Waals surface area contributed by atoms with Gasteiger partial charge in [0.15, 0.2) is 0 Å². The van der Waals surface area contributed by atoms with Crippen LogP contribution >= 0.6 is 0 Å². The predicted molar refractivity (Wildman–Crippen MR) is 76.2 cm³/mol. The molecule has 18 heavy (non-hydrogen) atoms. The first kappa shape index (κ1) is 14.5. The molecule has 1 rings (SSSR count). The number of benzene rings is 1. The van der Waals surface area contributed by atoms with Crippen molar-refractivity contribution >= 4 is 11.5 Å². The molecule has 0 aromatic heterocycles. The number of carbonyl (C=O) groups excluding carboxylic acids is 1. The summed E-state index contributed by atoms with van der Waals surface area (Å²) < 4.78 is 0. The fraction of sp³-hybridized carbons (Fsp3) is 0.400. The molecule has 0 bridgehead atoms. The molecule has 2 N–H and O–H groups in total. The smallest absolute Gasteiger partial charge is 0.236 e. The van der Waals surface area contributed by atoms with Gasteiger partial charge in [0.1, 0.15) is 0 Å². The van der Waals surface area contributed by atoms with Crippen LogP contribution in [-0.2, 0) is 4.79 Å². The van der Waals surface area contributed by atoms with E-state index in [1.807, 2.05) is 44.2 Å². The summed E-state index contributed by atoms with van der Waals surface area (Å²) in [4.78, 5) is 11.6. The highest BCUT2D eigenvalue weighted by molar-refractivity contribution is 5.81. The monoisotopic (exact) mass is 246 g/mol. The van der Waals surface area contributed by atoms with Crippen molar-refractivity contribution in [1.29, 1.82) is 0 Å². The van der Waals surface area contributed by atoms with Crippen molar-refractivity contribution in [2.75, 3.05) is 13.1 Å². The zero-order valence-corrected chi connectivity index (χ0v) is 11.2. The summed E-state index contributed by atoms with van der Waals surface area (Å²) in [7, 11) is 0. The second-order valence-corrected chi connectivity index (χ2v) is 4.36. The van der Waals surface area contributed by atoms with Gasteiger partial charge in [0.2, 0.25) is 5.91 Å².